The van der Waals surface area contributed by atoms with Gasteiger partial charge in [0, 0.05) is 43.2 Å². The molecule has 0 aliphatic carbocycles. The number of nitrogens with zero attached hydrogens (tertiary/aromatic N) is 1. The van der Waals surface area contributed by atoms with Gasteiger partial charge in [-0.25, -0.2) is 4.39 Å². The highest BCUT2D eigenvalue weighted by molar-refractivity contribution is 14.0. The van der Waals surface area contributed by atoms with Crippen LogP contribution in [-0.2, 0) is 10.5 Å². The Balaban J connectivity index is 0.00000364. The molecule has 5 nitrogen and oxygen atoms in total. The van der Waals surface area contributed by atoms with Crippen LogP contribution in [0, 0.1) is 11.2 Å². The van der Waals surface area contributed by atoms with Crippen molar-refractivity contribution in [1.29, 1.82) is 0 Å². The number of aliphatic imine (C=N–C) groups is 1. The number of nitrogens with one attached hydrogen (secondary N) is 2. The molecule has 1 aliphatic heterocycles. The van der Waals surface area contributed by atoms with Crippen LogP contribution in [-0.4, -0.2) is 56.3 Å². The van der Waals surface area contributed by atoms with Crippen molar-refractivity contribution in [2.75, 3.05) is 45.2 Å². The van der Waals surface area contributed by atoms with Crippen LogP contribution in [0.3, 0.4) is 0 Å². The van der Waals surface area contributed by atoms with E-state index in [4.69, 9.17) is 9.73 Å². The molecule has 3 N–H and O–H groups in total. The van der Waals surface area contributed by atoms with Gasteiger partial charge >= 0.3 is 0 Å². The number of hydrogen-bond donors (Lipinski definition) is 3. The van der Waals surface area contributed by atoms with E-state index in [-0.39, 0.29) is 41.8 Å². The number of benzene rings is 1. The van der Waals surface area contributed by atoms with Crippen molar-refractivity contribution in [1.82, 2.24) is 10.6 Å². The molecular formula is C19H31FIN3O2S. The third-order valence-electron chi connectivity index (χ3n) is 4.50. The first kappa shape index (κ1) is 24.5. The summed E-state index contributed by atoms with van der Waals surface area (Å²) in [6.07, 6.45) is 1.66. The quantitative estimate of drug-likeness (QED) is 0.195. The molecular weight excluding hydrogens is 480 g/mol. The van der Waals surface area contributed by atoms with Crippen molar-refractivity contribution in [3.63, 3.8) is 0 Å². The van der Waals surface area contributed by atoms with Crippen LogP contribution in [0.25, 0.3) is 0 Å². The average Bonchev–Trinajstić information content (AvgIpc) is 3.10. The fourth-order valence-corrected chi connectivity index (χ4v) is 3.76. The number of aliphatic hydroxyl groups is 1. The van der Waals surface area contributed by atoms with Crippen molar-refractivity contribution in [2.24, 2.45) is 10.4 Å². The van der Waals surface area contributed by atoms with Crippen molar-refractivity contribution in [3.8, 4) is 0 Å². The molecule has 1 saturated heterocycles. The smallest absolute Gasteiger partial charge is 0.191 e. The molecule has 1 aromatic carbocycles. The summed E-state index contributed by atoms with van der Waals surface area (Å²) in [6, 6.07) is 6.90. The van der Waals surface area contributed by atoms with Crippen LogP contribution < -0.4 is 10.6 Å². The van der Waals surface area contributed by atoms with Gasteiger partial charge in [-0.05, 0) is 31.4 Å². The summed E-state index contributed by atoms with van der Waals surface area (Å²) in [7, 11) is 0. The van der Waals surface area contributed by atoms with Crippen molar-refractivity contribution in [2.45, 2.75) is 25.5 Å². The standard InChI is InChI=1S/C19H30FN3O2S.HI/c1-2-21-18(23-14-19(7-10-24)8-11-25-15-19)22-9-12-26-13-16-5-3-4-6-17(16)20;/h3-6,24H,2,7-15H2,1H3,(H2,21,22,23);1H. The lowest BCUT2D eigenvalue weighted by molar-refractivity contribution is 0.131. The Labute approximate surface area is 183 Å². The van der Waals surface area contributed by atoms with E-state index < -0.39 is 0 Å². The highest BCUT2D eigenvalue weighted by atomic mass is 127. The van der Waals surface area contributed by atoms with Crippen LogP contribution in [0.5, 0.6) is 0 Å². The number of aliphatic hydroxyl groups excluding tert-OH is 1. The molecule has 1 unspecified atom stereocenters. The van der Waals surface area contributed by atoms with Gasteiger partial charge in [0.25, 0.3) is 0 Å². The molecule has 1 aliphatic rings. The summed E-state index contributed by atoms with van der Waals surface area (Å²) >= 11 is 1.69. The molecule has 8 heteroatoms. The van der Waals surface area contributed by atoms with Gasteiger partial charge in [-0.3, -0.25) is 4.99 Å². The average molecular weight is 511 g/mol. The van der Waals surface area contributed by atoms with E-state index in [9.17, 15) is 9.50 Å². The normalized spacial score (nSPS) is 19.6. The number of hydrogen-bond acceptors (Lipinski definition) is 4. The Hall–Kier alpha value is -0.580. The Morgan fingerprint density at radius 3 is 2.85 bits per heavy atom. The topological polar surface area (TPSA) is 65.9 Å². The van der Waals surface area contributed by atoms with Gasteiger partial charge < -0.3 is 20.5 Å². The van der Waals surface area contributed by atoms with Gasteiger partial charge in [0.15, 0.2) is 5.96 Å². The summed E-state index contributed by atoms with van der Waals surface area (Å²) in [5.74, 6) is 2.17. The highest BCUT2D eigenvalue weighted by Crippen LogP contribution is 2.32. The lowest BCUT2D eigenvalue weighted by atomic mass is 9.84. The van der Waals surface area contributed by atoms with Gasteiger partial charge in [0.2, 0.25) is 0 Å². The third-order valence-corrected chi connectivity index (χ3v) is 5.51. The van der Waals surface area contributed by atoms with E-state index in [2.05, 4.69) is 10.6 Å². The second kappa shape index (κ2) is 13.6. The Morgan fingerprint density at radius 2 is 2.19 bits per heavy atom. The predicted molar refractivity (Wildman–Crippen MR) is 122 cm³/mol. The van der Waals surface area contributed by atoms with Crippen molar-refractivity contribution in [3.05, 3.63) is 35.6 Å². The Kier molecular flexibility index (Phi) is 12.3. The summed E-state index contributed by atoms with van der Waals surface area (Å²) < 4.78 is 19.1. The van der Waals surface area contributed by atoms with E-state index in [1.54, 1.807) is 17.8 Å². The van der Waals surface area contributed by atoms with E-state index >= 15 is 0 Å². The molecule has 1 heterocycles. The first-order chi connectivity index (χ1) is 12.7. The zero-order valence-corrected chi connectivity index (χ0v) is 19.0. The van der Waals surface area contributed by atoms with Crippen LogP contribution in [0.1, 0.15) is 25.3 Å². The van der Waals surface area contributed by atoms with Gasteiger partial charge in [-0.2, -0.15) is 11.8 Å². The fourth-order valence-electron chi connectivity index (χ4n) is 2.92. The molecule has 0 amide bonds. The molecule has 0 saturated carbocycles. The molecule has 0 bridgehead atoms. The minimum atomic E-state index is -0.143. The molecule has 1 aromatic rings. The maximum absolute atomic E-state index is 13.6. The van der Waals surface area contributed by atoms with Gasteiger partial charge in [-0.1, -0.05) is 18.2 Å². The van der Waals surface area contributed by atoms with E-state index in [1.165, 1.54) is 6.07 Å². The molecule has 27 heavy (non-hydrogen) atoms. The Bertz CT molecular complexity index is 572. The van der Waals surface area contributed by atoms with Crippen molar-refractivity contribution >= 4 is 41.7 Å². The summed E-state index contributed by atoms with van der Waals surface area (Å²) in [4.78, 5) is 4.69. The fraction of sp³-hybridized carbons (Fsp3) is 0.632. The zero-order chi connectivity index (χ0) is 18.7. The minimum absolute atomic E-state index is 0. The lowest BCUT2D eigenvalue weighted by Gasteiger charge is -2.24. The molecule has 0 spiro atoms. The second-order valence-electron chi connectivity index (χ2n) is 6.54. The van der Waals surface area contributed by atoms with Gasteiger partial charge in [0.1, 0.15) is 5.82 Å². The monoisotopic (exact) mass is 511 g/mol. The third kappa shape index (κ3) is 8.53. The number of halogens is 2. The first-order valence-electron chi connectivity index (χ1n) is 9.21. The largest absolute Gasteiger partial charge is 0.396 e. The number of guanidine groups is 1. The van der Waals surface area contributed by atoms with E-state index in [1.807, 2.05) is 19.1 Å². The molecule has 154 valence electrons. The first-order valence-corrected chi connectivity index (χ1v) is 10.4. The molecule has 0 radical (unpaired) electrons. The van der Waals surface area contributed by atoms with Gasteiger partial charge in [0.05, 0.1) is 13.2 Å². The molecule has 2 rings (SSSR count). The lowest BCUT2D eigenvalue weighted by Crippen LogP contribution is -2.39. The second-order valence-corrected chi connectivity index (χ2v) is 7.65. The molecule has 1 atom stereocenters. The summed E-state index contributed by atoms with van der Waals surface area (Å²) in [5, 5.41) is 15.9. The SMILES string of the molecule is CCNC(=NCC1(CCO)CCOC1)NCCSCc1ccccc1F.I. The number of rotatable bonds is 10. The van der Waals surface area contributed by atoms with E-state index in [0.717, 1.165) is 43.4 Å². The van der Waals surface area contributed by atoms with Crippen LogP contribution in [0.4, 0.5) is 4.39 Å². The maximum atomic E-state index is 13.6. The molecule has 1 fully saturated rings. The van der Waals surface area contributed by atoms with Crippen molar-refractivity contribution < 1.29 is 14.2 Å². The number of thioether (sulfide) groups is 1. The zero-order valence-electron chi connectivity index (χ0n) is 15.9. The number of ether oxygens (including phenoxy) is 1. The molecule has 0 aromatic heterocycles. The highest BCUT2D eigenvalue weighted by Gasteiger charge is 2.34. The van der Waals surface area contributed by atoms with E-state index in [0.29, 0.717) is 25.3 Å². The minimum Gasteiger partial charge on any atom is -0.396 e. The summed E-state index contributed by atoms with van der Waals surface area (Å²) in [6.45, 7) is 5.79. The maximum Gasteiger partial charge on any atom is 0.191 e. The van der Waals surface area contributed by atoms with Crippen LogP contribution in [0.15, 0.2) is 29.3 Å². The van der Waals surface area contributed by atoms with Crippen LogP contribution >= 0.6 is 35.7 Å². The summed E-state index contributed by atoms with van der Waals surface area (Å²) in [5.41, 5.74) is 0.696. The Morgan fingerprint density at radius 1 is 1.37 bits per heavy atom. The predicted octanol–water partition coefficient (Wildman–Crippen LogP) is 3.02. The van der Waals surface area contributed by atoms with Gasteiger partial charge in [-0.15, -0.1) is 24.0 Å². The van der Waals surface area contributed by atoms with Crippen LogP contribution in [0.2, 0.25) is 0 Å².